The number of ether oxygens (including phenoxy) is 2. The first-order valence-corrected chi connectivity index (χ1v) is 12.2. The van der Waals surface area contributed by atoms with Gasteiger partial charge in [0.2, 0.25) is 0 Å². The molecule has 0 bridgehead atoms. The Labute approximate surface area is 185 Å². The Bertz CT molecular complexity index is 524. The summed E-state index contributed by atoms with van der Waals surface area (Å²) in [5.74, 6) is -0.0899. The van der Waals surface area contributed by atoms with Crippen LogP contribution in [0, 0.1) is 0 Å². The number of carbonyl (C=O) groups excluding carboxylic acids is 1. The number of carbonyl (C=O) groups is 1. The normalized spacial score (nSPS) is 11.2. The van der Waals surface area contributed by atoms with E-state index in [2.05, 4.69) is 6.92 Å². The van der Waals surface area contributed by atoms with Crippen LogP contribution in [-0.2, 0) is 20.9 Å². The maximum atomic E-state index is 11.7. The van der Waals surface area contributed by atoms with Gasteiger partial charge < -0.3 is 9.47 Å². The SMILES string of the molecule is CCCCCCCCCCCCCCCC(=O)OCC=CCOCc1ccccc1. The molecule has 1 rings (SSSR count). The van der Waals surface area contributed by atoms with E-state index in [1.807, 2.05) is 42.5 Å². The summed E-state index contributed by atoms with van der Waals surface area (Å²) in [6, 6.07) is 10.1. The Morgan fingerprint density at radius 1 is 0.733 bits per heavy atom. The van der Waals surface area contributed by atoms with Crippen molar-refractivity contribution in [2.75, 3.05) is 13.2 Å². The van der Waals surface area contributed by atoms with Crippen molar-refractivity contribution in [1.29, 1.82) is 0 Å². The Morgan fingerprint density at radius 3 is 1.87 bits per heavy atom. The monoisotopic (exact) mass is 416 g/mol. The summed E-state index contributed by atoms with van der Waals surface area (Å²) in [6.45, 7) is 3.74. The van der Waals surface area contributed by atoms with Crippen molar-refractivity contribution in [2.45, 2.75) is 103 Å². The first-order chi connectivity index (χ1) is 14.8. The van der Waals surface area contributed by atoms with E-state index >= 15 is 0 Å². The van der Waals surface area contributed by atoms with E-state index < -0.39 is 0 Å². The molecule has 0 atom stereocenters. The van der Waals surface area contributed by atoms with Gasteiger partial charge in [-0.25, -0.2) is 0 Å². The van der Waals surface area contributed by atoms with Gasteiger partial charge in [0.15, 0.2) is 0 Å². The van der Waals surface area contributed by atoms with Gasteiger partial charge in [-0.1, -0.05) is 120 Å². The van der Waals surface area contributed by atoms with E-state index in [4.69, 9.17) is 9.47 Å². The van der Waals surface area contributed by atoms with Gasteiger partial charge in [0, 0.05) is 6.42 Å². The molecule has 0 amide bonds. The molecule has 170 valence electrons. The fourth-order valence-electron chi connectivity index (χ4n) is 3.46. The van der Waals surface area contributed by atoms with Gasteiger partial charge in [0.1, 0.15) is 6.61 Å². The van der Waals surface area contributed by atoms with Gasteiger partial charge in [-0.05, 0) is 18.1 Å². The molecule has 0 heterocycles. The van der Waals surface area contributed by atoms with Crippen molar-refractivity contribution in [3.63, 3.8) is 0 Å². The van der Waals surface area contributed by atoms with Gasteiger partial charge in [0.05, 0.1) is 13.2 Å². The molecule has 0 aromatic heterocycles. The van der Waals surface area contributed by atoms with Crippen LogP contribution in [-0.4, -0.2) is 19.2 Å². The van der Waals surface area contributed by atoms with Gasteiger partial charge in [-0.15, -0.1) is 0 Å². The second kappa shape index (κ2) is 20.7. The van der Waals surface area contributed by atoms with Crippen LogP contribution in [0.15, 0.2) is 42.5 Å². The number of hydrogen-bond donors (Lipinski definition) is 0. The van der Waals surface area contributed by atoms with Crippen molar-refractivity contribution >= 4 is 5.97 Å². The quantitative estimate of drug-likeness (QED) is 0.124. The molecule has 0 unspecified atom stereocenters. The van der Waals surface area contributed by atoms with Crippen LogP contribution < -0.4 is 0 Å². The minimum atomic E-state index is -0.0899. The van der Waals surface area contributed by atoms with Crippen molar-refractivity contribution in [3.8, 4) is 0 Å². The highest BCUT2D eigenvalue weighted by Crippen LogP contribution is 2.13. The molecule has 0 aliphatic rings. The highest BCUT2D eigenvalue weighted by Gasteiger charge is 2.01. The molecule has 0 saturated carbocycles. The number of hydrogen-bond acceptors (Lipinski definition) is 3. The molecule has 3 heteroatoms. The first-order valence-electron chi connectivity index (χ1n) is 12.2. The van der Waals surface area contributed by atoms with Crippen molar-refractivity contribution < 1.29 is 14.3 Å². The fraction of sp³-hybridized carbons (Fsp3) is 0.667. The van der Waals surface area contributed by atoms with Gasteiger partial charge in [0.25, 0.3) is 0 Å². The van der Waals surface area contributed by atoms with Gasteiger partial charge in [-0.2, -0.15) is 0 Å². The zero-order valence-corrected chi connectivity index (χ0v) is 19.3. The predicted octanol–water partition coefficient (Wildman–Crippen LogP) is 7.78. The van der Waals surface area contributed by atoms with E-state index in [0.29, 0.717) is 26.2 Å². The van der Waals surface area contributed by atoms with Crippen LogP contribution in [0.1, 0.15) is 102 Å². The summed E-state index contributed by atoms with van der Waals surface area (Å²) in [5.41, 5.74) is 1.16. The molecule has 0 radical (unpaired) electrons. The Kier molecular flexibility index (Phi) is 18.2. The predicted molar refractivity (Wildman–Crippen MR) is 127 cm³/mol. The number of benzene rings is 1. The van der Waals surface area contributed by atoms with Crippen molar-refractivity contribution in [3.05, 3.63) is 48.0 Å². The van der Waals surface area contributed by atoms with E-state index in [-0.39, 0.29) is 5.97 Å². The lowest BCUT2D eigenvalue weighted by atomic mass is 10.0. The molecular weight excluding hydrogens is 372 g/mol. The zero-order chi connectivity index (χ0) is 21.5. The molecule has 3 nitrogen and oxygen atoms in total. The second-order valence-electron chi connectivity index (χ2n) is 8.15. The fourth-order valence-corrected chi connectivity index (χ4v) is 3.46. The molecule has 0 spiro atoms. The third-order valence-corrected chi connectivity index (χ3v) is 5.32. The maximum absolute atomic E-state index is 11.7. The standard InChI is InChI=1S/C27H44O3/c1-2-3-4-5-6-7-8-9-10-11-12-13-17-22-27(28)30-24-19-18-23-29-25-26-20-15-14-16-21-26/h14-16,18-21H,2-13,17,22-25H2,1H3. The molecule has 0 saturated heterocycles. The average molecular weight is 417 g/mol. The summed E-state index contributed by atoms with van der Waals surface area (Å²) in [5, 5.41) is 0. The van der Waals surface area contributed by atoms with Crippen LogP contribution in [0.25, 0.3) is 0 Å². The van der Waals surface area contributed by atoms with E-state index in [9.17, 15) is 4.79 Å². The van der Waals surface area contributed by atoms with Crippen LogP contribution in [0.5, 0.6) is 0 Å². The van der Waals surface area contributed by atoms with Crippen LogP contribution in [0.2, 0.25) is 0 Å². The highest BCUT2D eigenvalue weighted by atomic mass is 16.5. The number of rotatable bonds is 20. The minimum absolute atomic E-state index is 0.0899. The molecule has 0 fully saturated rings. The van der Waals surface area contributed by atoms with E-state index in [0.717, 1.165) is 18.4 Å². The number of unbranched alkanes of at least 4 members (excludes halogenated alkanes) is 12. The second-order valence-corrected chi connectivity index (χ2v) is 8.15. The van der Waals surface area contributed by atoms with Crippen LogP contribution >= 0.6 is 0 Å². The van der Waals surface area contributed by atoms with Gasteiger partial charge >= 0.3 is 5.97 Å². The molecule has 1 aromatic carbocycles. The smallest absolute Gasteiger partial charge is 0.306 e. The van der Waals surface area contributed by atoms with E-state index in [1.54, 1.807) is 0 Å². The number of esters is 1. The lowest BCUT2D eigenvalue weighted by molar-refractivity contribution is -0.142. The van der Waals surface area contributed by atoms with Crippen LogP contribution in [0.4, 0.5) is 0 Å². The zero-order valence-electron chi connectivity index (χ0n) is 19.3. The first kappa shape index (κ1) is 26.4. The van der Waals surface area contributed by atoms with Gasteiger partial charge in [-0.3, -0.25) is 4.79 Å². The summed E-state index contributed by atoms with van der Waals surface area (Å²) >= 11 is 0. The summed E-state index contributed by atoms with van der Waals surface area (Å²) < 4.78 is 10.8. The molecule has 0 aliphatic heterocycles. The Hall–Kier alpha value is -1.61. The topological polar surface area (TPSA) is 35.5 Å². The lowest BCUT2D eigenvalue weighted by Gasteiger charge is -2.04. The molecule has 30 heavy (non-hydrogen) atoms. The molecule has 1 aromatic rings. The summed E-state index contributed by atoms with van der Waals surface area (Å²) in [7, 11) is 0. The van der Waals surface area contributed by atoms with Crippen molar-refractivity contribution in [1.82, 2.24) is 0 Å². The Balaban J connectivity index is 1.79. The lowest BCUT2D eigenvalue weighted by Crippen LogP contribution is -2.04. The molecule has 0 aliphatic carbocycles. The third kappa shape index (κ3) is 17.3. The minimum Gasteiger partial charge on any atom is -0.461 e. The van der Waals surface area contributed by atoms with Crippen molar-refractivity contribution in [2.24, 2.45) is 0 Å². The molecule has 0 N–H and O–H groups in total. The largest absolute Gasteiger partial charge is 0.461 e. The van der Waals surface area contributed by atoms with E-state index in [1.165, 1.54) is 70.6 Å². The summed E-state index contributed by atoms with van der Waals surface area (Å²) in [6.07, 6.45) is 21.4. The third-order valence-electron chi connectivity index (χ3n) is 5.32. The highest BCUT2D eigenvalue weighted by molar-refractivity contribution is 5.69. The van der Waals surface area contributed by atoms with Crippen LogP contribution in [0.3, 0.4) is 0 Å². The maximum Gasteiger partial charge on any atom is 0.306 e. The molecular formula is C27H44O3. The Morgan fingerprint density at radius 2 is 1.27 bits per heavy atom. The summed E-state index contributed by atoms with van der Waals surface area (Å²) in [4.78, 5) is 11.7. The average Bonchev–Trinajstić information content (AvgIpc) is 2.77.